The highest BCUT2D eigenvalue weighted by molar-refractivity contribution is 6.30. The molecule has 7 heteroatoms. The summed E-state index contributed by atoms with van der Waals surface area (Å²) in [5.74, 6) is -0.0179. The fraction of sp³-hybridized carbons (Fsp3) is 0.217. The molecule has 4 aromatic rings. The van der Waals surface area contributed by atoms with Gasteiger partial charge in [0.2, 0.25) is 0 Å². The Bertz CT molecular complexity index is 1280. The van der Waals surface area contributed by atoms with Gasteiger partial charge in [-0.15, -0.1) is 0 Å². The minimum Gasteiger partial charge on any atom is -0.330 e. The van der Waals surface area contributed by atoms with E-state index in [9.17, 15) is 4.79 Å². The summed E-state index contributed by atoms with van der Waals surface area (Å²) in [5, 5.41) is 5.47. The third-order valence-electron chi connectivity index (χ3n) is 5.72. The SMILES string of the molecule is C[C@H]1c2nn(C)c(-c3cccc(Cl)c3)c2CCN1C(=O)c1ccc2nccnc2c1. The van der Waals surface area contributed by atoms with Crippen LogP contribution in [-0.4, -0.2) is 37.1 Å². The smallest absolute Gasteiger partial charge is 0.254 e. The van der Waals surface area contributed by atoms with Gasteiger partial charge < -0.3 is 4.90 Å². The van der Waals surface area contributed by atoms with E-state index in [4.69, 9.17) is 16.7 Å². The van der Waals surface area contributed by atoms with E-state index in [2.05, 4.69) is 9.97 Å². The maximum absolute atomic E-state index is 13.3. The number of aromatic nitrogens is 4. The van der Waals surface area contributed by atoms with Crippen molar-refractivity contribution in [3.63, 3.8) is 0 Å². The minimum atomic E-state index is -0.127. The van der Waals surface area contributed by atoms with Gasteiger partial charge in [0.25, 0.3) is 5.91 Å². The first-order valence-electron chi connectivity index (χ1n) is 9.86. The van der Waals surface area contributed by atoms with Crippen LogP contribution in [0, 0.1) is 0 Å². The van der Waals surface area contributed by atoms with Crippen LogP contribution in [0.5, 0.6) is 0 Å². The third-order valence-corrected chi connectivity index (χ3v) is 5.95. The zero-order chi connectivity index (χ0) is 20.8. The number of carbonyl (C=O) groups is 1. The van der Waals surface area contributed by atoms with Crippen LogP contribution in [0.3, 0.4) is 0 Å². The molecule has 150 valence electrons. The molecule has 1 aliphatic heterocycles. The molecule has 1 aliphatic rings. The van der Waals surface area contributed by atoms with E-state index in [0.29, 0.717) is 17.1 Å². The molecule has 0 bridgehead atoms. The van der Waals surface area contributed by atoms with Crippen molar-refractivity contribution in [2.45, 2.75) is 19.4 Å². The van der Waals surface area contributed by atoms with Gasteiger partial charge in [-0.3, -0.25) is 19.4 Å². The quantitative estimate of drug-likeness (QED) is 0.483. The Morgan fingerprint density at radius 2 is 1.90 bits per heavy atom. The van der Waals surface area contributed by atoms with E-state index < -0.39 is 0 Å². The van der Waals surface area contributed by atoms with Crippen molar-refractivity contribution in [3.05, 3.63) is 76.7 Å². The van der Waals surface area contributed by atoms with Gasteiger partial charge in [-0.1, -0.05) is 23.7 Å². The van der Waals surface area contributed by atoms with Gasteiger partial charge in [0.15, 0.2) is 0 Å². The van der Waals surface area contributed by atoms with Crippen LogP contribution in [-0.2, 0) is 13.5 Å². The van der Waals surface area contributed by atoms with E-state index in [0.717, 1.165) is 34.4 Å². The van der Waals surface area contributed by atoms with E-state index in [1.165, 1.54) is 5.56 Å². The molecule has 0 saturated carbocycles. The van der Waals surface area contributed by atoms with Gasteiger partial charge in [-0.25, -0.2) is 0 Å². The maximum Gasteiger partial charge on any atom is 0.254 e. The first kappa shape index (κ1) is 18.8. The van der Waals surface area contributed by atoms with Gasteiger partial charge in [-0.2, -0.15) is 5.10 Å². The average Bonchev–Trinajstić information content (AvgIpc) is 3.10. The number of fused-ring (bicyclic) bond motifs is 2. The molecule has 3 heterocycles. The van der Waals surface area contributed by atoms with Crippen LogP contribution in [0.1, 0.15) is 34.6 Å². The van der Waals surface area contributed by atoms with Crippen molar-refractivity contribution < 1.29 is 4.79 Å². The summed E-state index contributed by atoms with van der Waals surface area (Å²) in [6.45, 7) is 2.66. The molecule has 2 aromatic heterocycles. The molecule has 5 rings (SSSR count). The monoisotopic (exact) mass is 417 g/mol. The number of carbonyl (C=O) groups excluding carboxylic acids is 1. The van der Waals surface area contributed by atoms with Gasteiger partial charge in [0.05, 0.1) is 28.5 Å². The molecule has 0 radical (unpaired) electrons. The number of amides is 1. The average molecular weight is 418 g/mol. The predicted octanol–water partition coefficient (Wildman–Crippen LogP) is 4.44. The van der Waals surface area contributed by atoms with E-state index in [1.807, 2.05) is 66.0 Å². The maximum atomic E-state index is 13.3. The largest absolute Gasteiger partial charge is 0.330 e. The summed E-state index contributed by atoms with van der Waals surface area (Å²) >= 11 is 6.21. The Balaban J connectivity index is 1.50. The van der Waals surface area contributed by atoms with Crippen LogP contribution < -0.4 is 0 Å². The second-order valence-corrected chi connectivity index (χ2v) is 7.97. The standard InChI is InChI=1S/C23H20ClN5O/c1-14-21-18(22(28(2)27-21)15-4-3-5-17(24)12-15)8-11-29(14)23(30)16-6-7-19-20(13-16)26-10-9-25-19/h3-7,9-10,12-14H,8,11H2,1-2H3/t14-/m0/s1. The van der Waals surface area contributed by atoms with E-state index >= 15 is 0 Å². The Morgan fingerprint density at radius 3 is 2.70 bits per heavy atom. The van der Waals surface area contributed by atoms with Crippen LogP contribution >= 0.6 is 11.6 Å². The second kappa shape index (κ2) is 7.22. The van der Waals surface area contributed by atoms with Crippen molar-refractivity contribution in [1.29, 1.82) is 0 Å². The lowest BCUT2D eigenvalue weighted by Gasteiger charge is -2.33. The molecule has 1 amide bonds. The van der Waals surface area contributed by atoms with Crippen LogP contribution in [0.4, 0.5) is 0 Å². The molecule has 0 saturated heterocycles. The van der Waals surface area contributed by atoms with E-state index in [-0.39, 0.29) is 11.9 Å². The van der Waals surface area contributed by atoms with Gasteiger partial charge >= 0.3 is 0 Å². The lowest BCUT2D eigenvalue weighted by Crippen LogP contribution is -2.38. The zero-order valence-electron chi connectivity index (χ0n) is 16.7. The molecule has 2 aromatic carbocycles. The normalized spacial score (nSPS) is 16.0. The predicted molar refractivity (Wildman–Crippen MR) is 116 cm³/mol. The van der Waals surface area contributed by atoms with Crippen molar-refractivity contribution in [3.8, 4) is 11.3 Å². The molecule has 0 fully saturated rings. The number of aryl methyl sites for hydroxylation is 1. The fourth-order valence-electron chi connectivity index (χ4n) is 4.28. The topological polar surface area (TPSA) is 63.9 Å². The number of nitrogens with zero attached hydrogens (tertiary/aromatic N) is 5. The Morgan fingerprint density at radius 1 is 1.10 bits per heavy atom. The number of rotatable bonds is 2. The molecule has 0 unspecified atom stereocenters. The number of hydrogen-bond donors (Lipinski definition) is 0. The van der Waals surface area contributed by atoms with Crippen LogP contribution in [0.15, 0.2) is 54.9 Å². The first-order chi connectivity index (χ1) is 14.5. The van der Waals surface area contributed by atoms with Gasteiger partial charge in [-0.05, 0) is 43.7 Å². The molecular weight excluding hydrogens is 398 g/mol. The van der Waals surface area contributed by atoms with Crippen LogP contribution in [0.25, 0.3) is 22.3 Å². The molecule has 30 heavy (non-hydrogen) atoms. The molecule has 0 aliphatic carbocycles. The lowest BCUT2D eigenvalue weighted by molar-refractivity contribution is 0.0674. The Hall–Kier alpha value is -3.25. The summed E-state index contributed by atoms with van der Waals surface area (Å²) in [6.07, 6.45) is 4.03. The van der Waals surface area contributed by atoms with Gasteiger partial charge in [0, 0.05) is 47.7 Å². The number of benzene rings is 2. The molecule has 6 nitrogen and oxygen atoms in total. The van der Waals surface area contributed by atoms with Crippen molar-refractivity contribution in [2.24, 2.45) is 7.05 Å². The Kier molecular flexibility index (Phi) is 4.51. The van der Waals surface area contributed by atoms with Crippen molar-refractivity contribution in [2.75, 3.05) is 6.54 Å². The zero-order valence-corrected chi connectivity index (χ0v) is 17.5. The molecular formula is C23H20ClN5O. The Labute approximate surface area is 179 Å². The summed E-state index contributed by atoms with van der Waals surface area (Å²) in [6, 6.07) is 13.1. The summed E-state index contributed by atoms with van der Waals surface area (Å²) < 4.78 is 1.90. The summed E-state index contributed by atoms with van der Waals surface area (Å²) in [5.41, 5.74) is 6.33. The fourth-order valence-corrected chi connectivity index (χ4v) is 4.47. The third kappa shape index (κ3) is 3.04. The minimum absolute atomic E-state index is 0.0179. The molecule has 1 atom stereocenters. The summed E-state index contributed by atoms with van der Waals surface area (Å²) in [4.78, 5) is 23.8. The van der Waals surface area contributed by atoms with Crippen LogP contribution in [0.2, 0.25) is 5.02 Å². The highest BCUT2D eigenvalue weighted by atomic mass is 35.5. The summed E-state index contributed by atoms with van der Waals surface area (Å²) in [7, 11) is 1.94. The number of halogens is 1. The molecule has 0 N–H and O–H groups in total. The first-order valence-corrected chi connectivity index (χ1v) is 10.2. The van der Waals surface area contributed by atoms with Crippen molar-refractivity contribution in [1.82, 2.24) is 24.6 Å². The second-order valence-electron chi connectivity index (χ2n) is 7.53. The highest BCUT2D eigenvalue weighted by Crippen LogP contribution is 2.36. The van der Waals surface area contributed by atoms with E-state index in [1.54, 1.807) is 12.4 Å². The van der Waals surface area contributed by atoms with Gasteiger partial charge in [0.1, 0.15) is 0 Å². The van der Waals surface area contributed by atoms with Crippen molar-refractivity contribution >= 4 is 28.5 Å². The molecule has 0 spiro atoms. The lowest BCUT2D eigenvalue weighted by atomic mass is 9.95. The highest BCUT2D eigenvalue weighted by Gasteiger charge is 2.33. The number of hydrogen-bond acceptors (Lipinski definition) is 4.